The minimum atomic E-state index is -0.109. The van der Waals surface area contributed by atoms with Crippen molar-refractivity contribution in [2.45, 2.75) is 71.8 Å². The van der Waals surface area contributed by atoms with Crippen LogP contribution in [-0.4, -0.2) is 12.1 Å². The molecule has 0 aliphatic heterocycles. The first-order chi connectivity index (χ1) is 10.9. The predicted molar refractivity (Wildman–Crippen MR) is 91.8 cm³/mol. The van der Waals surface area contributed by atoms with Crippen LogP contribution >= 0.6 is 0 Å². The molecule has 4 rings (SSSR count). The zero-order valence-corrected chi connectivity index (χ0v) is 14.8. The van der Waals surface area contributed by atoms with E-state index in [0.717, 1.165) is 18.3 Å². The molecule has 0 amide bonds. The van der Waals surface area contributed by atoms with Crippen molar-refractivity contribution in [1.82, 2.24) is 0 Å². The van der Waals surface area contributed by atoms with Gasteiger partial charge in [-0.05, 0) is 68.1 Å². The Morgan fingerprint density at radius 3 is 2.83 bits per heavy atom. The van der Waals surface area contributed by atoms with Crippen LogP contribution in [-0.2, 0) is 9.53 Å². The number of ether oxygens (including phenoxy) is 1. The lowest BCUT2D eigenvalue weighted by atomic mass is 9.47. The summed E-state index contributed by atoms with van der Waals surface area (Å²) in [4.78, 5) is 11.7. The van der Waals surface area contributed by atoms with Gasteiger partial charge in [0.1, 0.15) is 6.10 Å². The Balaban J connectivity index is 1.70. The van der Waals surface area contributed by atoms with E-state index >= 15 is 0 Å². The van der Waals surface area contributed by atoms with Crippen LogP contribution in [0.2, 0.25) is 0 Å². The number of esters is 1. The first-order valence-electron chi connectivity index (χ1n) is 9.49. The minimum absolute atomic E-state index is 0.0801. The largest absolute Gasteiger partial charge is 0.462 e. The van der Waals surface area contributed by atoms with Gasteiger partial charge in [-0.2, -0.15) is 0 Å². The van der Waals surface area contributed by atoms with E-state index in [-0.39, 0.29) is 17.5 Å². The Bertz CT molecular complexity index is 574. The fourth-order valence-electron chi connectivity index (χ4n) is 6.56. The molecule has 2 saturated carbocycles. The quantitative estimate of drug-likeness (QED) is 0.500. The third-order valence-corrected chi connectivity index (χ3v) is 7.75. The molecule has 0 aromatic heterocycles. The highest BCUT2D eigenvalue weighted by molar-refractivity contribution is 5.66. The van der Waals surface area contributed by atoms with E-state index in [0.29, 0.717) is 11.3 Å². The van der Waals surface area contributed by atoms with Crippen molar-refractivity contribution < 1.29 is 9.53 Å². The summed E-state index contributed by atoms with van der Waals surface area (Å²) in [7, 11) is 0. The first kappa shape index (κ1) is 15.5. The molecule has 126 valence electrons. The first-order valence-corrected chi connectivity index (χ1v) is 9.49. The molecule has 2 heteroatoms. The number of rotatable bonds is 1. The van der Waals surface area contributed by atoms with E-state index in [1.54, 1.807) is 12.5 Å². The summed E-state index contributed by atoms with van der Waals surface area (Å²) >= 11 is 0. The average Bonchev–Trinajstić information content (AvgIpc) is 2.89. The van der Waals surface area contributed by atoms with Gasteiger partial charge in [0.05, 0.1) is 0 Å². The van der Waals surface area contributed by atoms with Crippen LogP contribution in [0.4, 0.5) is 0 Å². The zero-order valence-electron chi connectivity index (χ0n) is 14.8. The van der Waals surface area contributed by atoms with Crippen molar-refractivity contribution in [2.24, 2.45) is 28.6 Å². The van der Waals surface area contributed by atoms with Crippen LogP contribution in [0.5, 0.6) is 0 Å². The molecule has 0 aromatic carbocycles. The Labute approximate surface area is 140 Å². The molecule has 4 aliphatic rings. The summed E-state index contributed by atoms with van der Waals surface area (Å²) in [5, 5.41) is 0. The van der Waals surface area contributed by atoms with E-state index in [2.05, 4.69) is 32.1 Å². The van der Waals surface area contributed by atoms with Crippen LogP contribution in [0, 0.1) is 28.6 Å². The topological polar surface area (TPSA) is 26.3 Å². The van der Waals surface area contributed by atoms with Gasteiger partial charge in [0.15, 0.2) is 0 Å². The normalized spacial score (nSPS) is 48.0. The molecule has 23 heavy (non-hydrogen) atoms. The maximum atomic E-state index is 11.7. The predicted octanol–water partition coefficient (Wildman–Crippen LogP) is 5.05. The Morgan fingerprint density at radius 1 is 1.22 bits per heavy atom. The van der Waals surface area contributed by atoms with Crippen LogP contribution in [0.3, 0.4) is 0 Å². The lowest BCUT2D eigenvalue weighted by Crippen LogP contribution is -2.54. The monoisotopic (exact) mass is 314 g/mol. The van der Waals surface area contributed by atoms with Crippen molar-refractivity contribution in [3.63, 3.8) is 0 Å². The third-order valence-electron chi connectivity index (χ3n) is 7.75. The fourth-order valence-corrected chi connectivity index (χ4v) is 6.56. The highest BCUT2D eigenvalue weighted by atomic mass is 16.5. The Kier molecular flexibility index (Phi) is 3.52. The second kappa shape index (κ2) is 5.22. The minimum Gasteiger partial charge on any atom is -0.462 e. The highest BCUT2D eigenvalue weighted by Crippen LogP contribution is 2.63. The van der Waals surface area contributed by atoms with Gasteiger partial charge in [0.2, 0.25) is 0 Å². The lowest BCUT2D eigenvalue weighted by Gasteiger charge is -2.58. The summed E-state index contributed by atoms with van der Waals surface area (Å²) < 4.78 is 5.85. The Morgan fingerprint density at radius 2 is 2.04 bits per heavy atom. The van der Waals surface area contributed by atoms with Gasteiger partial charge in [-0.15, -0.1) is 0 Å². The Hall–Kier alpha value is -1.05. The molecule has 0 spiro atoms. The highest BCUT2D eigenvalue weighted by Gasteiger charge is 2.57. The number of carbonyl (C=O) groups is 1. The van der Waals surface area contributed by atoms with E-state index in [9.17, 15) is 4.79 Å². The van der Waals surface area contributed by atoms with Gasteiger partial charge in [-0.1, -0.05) is 37.6 Å². The fraction of sp³-hybridized carbons (Fsp3) is 0.762. The molecular formula is C21H30O2. The molecule has 0 aromatic rings. The maximum Gasteiger partial charge on any atom is 0.302 e. The van der Waals surface area contributed by atoms with Crippen molar-refractivity contribution in [2.75, 3.05) is 0 Å². The molecule has 0 bridgehead atoms. The average molecular weight is 314 g/mol. The SMILES string of the molecule is CC(=O)OC1CCCC2=CC[C@H]3[C@@H]4CC=C[C@@]4(C)CC[C@@H]3[C@]21C. The number of hydrogen-bond acceptors (Lipinski definition) is 2. The molecule has 2 nitrogen and oxygen atoms in total. The van der Waals surface area contributed by atoms with Crippen LogP contribution in [0.15, 0.2) is 23.8 Å². The zero-order chi connectivity index (χ0) is 16.2. The van der Waals surface area contributed by atoms with Crippen molar-refractivity contribution in [3.05, 3.63) is 23.8 Å². The molecular weight excluding hydrogens is 284 g/mol. The molecule has 0 N–H and O–H groups in total. The van der Waals surface area contributed by atoms with Crippen molar-refractivity contribution in [1.29, 1.82) is 0 Å². The smallest absolute Gasteiger partial charge is 0.302 e. The maximum absolute atomic E-state index is 11.7. The van der Waals surface area contributed by atoms with Gasteiger partial charge in [-0.25, -0.2) is 0 Å². The van der Waals surface area contributed by atoms with Crippen LogP contribution < -0.4 is 0 Å². The lowest BCUT2D eigenvalue weighted by molar-refractivity contribution is -0.161. The van der Waals surface area contributed by atoms with Gasteiger partial charge in [-0.3, -0.25) is 4.79 Å². The molecule has 2 fully saturated rings. The summed E-state index contributed by atoms with van der Waals surface area (Å²) in [6.45, 7) is 6.44. The molecule has 6 atom stereocenters. The van der Waals surface area contributed by atoms with Gasteiger partial charge < -0.3 is 4.74 Å². The summed E-state index contributed by atoms with van der Waals surface area (Å²) in [5.41, 5.74) is 2.08. The molecule has 0 heterocycles. The van der Waals surface area contributed by atoms with Crippen LogP contribution in [0.25, 0.3) is 0 Å². The molecule has 4 aliphatic carbocycles. The summed E-state index contributed by atoms with van der Waals surface area (Å²) in [6, 6.07) is 0. The van der Waals surface area contributed by atoms with Crippen molar-refractivity contribution >= 4 is 5.97 Å². The van der Waals surface area contributed by atoms with Crippen LogP contribution in [0.1, 0.15) is 65.7 Å². The molecule has 0 saturated heterocycles. The van der Waals surface area contributed by atoms with Crippen molar-refractivity contribution in [3.8, 4) is 0 Å². The summed E-state index contributed by atoms with van der Waals surface area (Å²) in [5.74, 6) is 2.12. The third kappa shape index (κ3) is 2.16. The van der Waals surface area contributed by atoms with E-state index in [1.807, 2.05) is 0 Å². The molecule has 0 radical (unpaired) electrons. The summed E-state index contributed by atoms with van der Waals surface area (Å²) in [6.07, 6.45) is 16.0. The van der Waals surface area contributed by atoms with E-state index in [1.165, 1.54) is 38.5 Å². The second-order valence-electron chi connectivity index (χ2n) is 8.80. The molecule has 1 unspecified atom stereocenters. The van der Waals surface area contributed by atoms with Gasteiger partial charge >= 0.3 is 5.97 Å². The number of fused-ring (bicyclic) bond motifs is 5. The van der Waals surface area contributed by atoms with Gasteiger partial charge in [0.25, 0.3) is 0 Å². The number of hydrogen-bond donors (Lipinski definition) is 0. The van der Waals surface area contributed by atoms with E-state index < -0.39 is 0 Å². The second-order valence-corrected chi connectivity index (χ2v) is 8.80. The number of carbonyl (C=O) groups excluding carboxylic acids is 1. The van der Waals surface area contributed by atoms with E-state index in [4.69, 9.17) is 4.74 Å². The van der Waals surface area contributed by atoms with Gasteiger partial charge in [0, 0.05) is 12.3 Å². The standard InChI is InChI=1S/C21H30O2/c1-14(22)23-19-8-4-6-15-9-10-16-17-7-5-12-20(17,2)13-11-18(16)21(15,19)3/h5,9,12,16-19H,4,6-8,10-11,13H2,1-3H3/t16-,17-,18-,19?,20-,21-/m0/s1. The number of allylic oxidation sites excluding steroid dienone is 3.